The van der Waals surface area contributed by atoms with Gasteiger partial charge in [0.25, 0.3) is 0 Å². The second kappa shape index (κ2) is 12.3. The minimum absolute atomic E-state index is 0. The van der Waals surface area contributed by atoms with Crippen LogP contribution in [0.15, 0.2) is 0 Å². The van der Waals surface area contributed by atoms with E-state index in [-0.39, 0.29) is 19.5 Å². The van der Waals surface area contributed by atoms with Crippen LogP contribution >= 0.6 is 0 Å². The van der Waals surface area contributed by atoms with Gasteiger partial charge < -0.3 is 10.2 Å². The topological polar surface area (TPSA) is 74.6 Å². The van der Waals surface area contributed by atoms with Crippen molar-refractivity contribution < 1.29 is 47.5 Å². The fourth-order valence-electron chi connectivity index (χ4n) is 0. The molecule has 0 aliphatic heterocycles. The van der Waals surface area contributed by atoms with Gasteiger partial charge in [-0.25, -0.2) is 0 Å². The Labute approximate surface area is 86.8 Å². The average Bonchev–Trinajstić information content (AvgIpc) is 1.72. The number of rotatable bonds is 2. The zero-order valence-electron chi connectivity index (χ0n) is 11.8. The fourth-order valence-corrected chi connectivity index (χ4v) is 0. The van der Waals surface area contributed by atoms with Crippen molar-refractivity contribution in [3.8, 4) is 0 Å². The third kappa shape index (κ3) is 43.1. The summed E-state index contributed by atoms with van der Waals surface area (Å²) in [6.07, 6.45) is -1.51. The quantitative estimate of drug-likeness (QED) is 0.538. The van der Waals surface area contributed by atoms with E-state index in [1.165, 1.54) is 0 Å². The van der Waals surface area contributed by atoms with Crippen molar-refractivity contribution in [3.05, 3.63) is 0 Å². The molecule has 0 rings (SSSR count). The molecule has 0 unspecified atom stereocenters. The molecule has 2 N–H and O–H groups in total. The number of hydrogen-bond donors (Lipinski definition) is 2. The van der Waals surface area contributed by atoms with Gasteiger partial charge in [-0.15, -0.1) is 0 Å². The Kier molecular flexibility index (Phi) is 5.85. The van der Waals surface area contributed by atoms with Crippen molar-refractivity contribution in [1.29, 1.82) is 0 Å². The van der Waals surface area contributed by atoms with Gasteiger partial charge in [-0.2, -0.15) is 0 Å². The summed E-state index contributed by atoms with van der Waals surface area (Å²) in [5, 5.41) is 15.8. The first-order valence-corrected chi connectivity index (χ1v) is 2.27. The summed E-state index contributed by atoms with van der Waals surface area (Å²) >= 11 is 0. The van der Waals surface area contributed by atoms with Crippen LogP contribution in [-0.2, 0) is 29.1 Å². The molecule has 0 fully saturated rings. The Morgan fingerprint density at radius 1 is 1.18 bits per heavy atom. The smallest absolute Gasteiger partial charge is 0.303 e. The molecular formula is C6H12O4Zn. The van der Waals surface area contributed by atoms with E-state index in [1.807, 2.05) is 0 Å². The summed E-state index contributed by atoms with van der Waals surface area (Å²) in [4.78, 5) is 19.3. The first-order chi connectivity index (χ1) is 6.83. The van der Waals surface area contributed by atoms with E-state index in [9.17, 15) is 9.59 Å². The van der Waals surface area contributed by atoms with E-state index in [1.54, 1.807) is 0 Å². The molecule has 0 saturated heterocycles. The van der Waals surface area contributed by atoms with E-state index in [4.69, 9.17) is 18.4 Å². The largest absolute Gasteiger partial charge is 0.481 e. The summed E-state index contributed by atoms with van der Waals surface area (Å²) < 4.78 is 38.5. The summed E-state index contributed by atoms with van der Waals surface area (Å²) in [7, 11) is 0. The second-order valence-corrected chi connectivity index (χ2v) is 1.14. The Morgan fingerprint density at radius 3 is 1.45 bits per heavy atom. The Bertz CT molecular complexity index is 222. The molecule has 0 atom stereocenters. The van der Waals surface area contributed by atoms with E-state index in [0.717, 1.165) is 0 Å². The van der Waals surface area contributed by atoms with Crippen LogP contribution in [-0.4, -0.2) is 22.2 Å². The first-order valence-electron chi connectivity index (χ1n) is 5.27. The Morgan fingerprint density at radius 2 is 1.45 bits per heavy atom. The molecule has 0 saturated carbocycles. The molecule has 0 radical (unpaired) electrons. The van der Waals surface area contributed by atoms with E-state index < -0.39 is 38.5 Å². The summed E-state index contributed by atoms with van der Waals surface area (Å²) in [6, 6.07) is 0. The molecular weight excluding hydrogens is 203 g/mol. The van der Waals surface area contributed by atoms with Crippen LogP contribution in [0.5, 0.6) is 0 Å². The molecule has 0 spiro atoms. The Hall–Kier alpha value is -0.437. The zero-order valence-corrected chi connectivity index (χ0v) is 8.80. The van der Waals surface area contributed by atoms with Crippen LogP contribution in [0.2, 0.25) is 0 Å². The molecule has 0 aromatic heterocycles. The van der Waals surface area contributed by atoms with E-state index in [2.05, 4.69) is 0 Å². The van der Waals surface area contributed by atoms with Crippen LogP contribution in [0.1, 0.15) is 34.8 Å². The van der Waals surface area contributed by atoms with Gasteiger partial charge in [-0.05, 0) is 0 Å². The van der Waals surface area contributed by atoms with Gasteiger partial charge in [-0.3, -0.25) is 9.59 Å². The predicted octanol–water partition coefficient (Wildman–Crippen LogP) is 0.960. The Balaban J connectivity index is -0.000000218. The average molecular weight is 222 g/mol. The maximum atomic E-state index is 9.65. The number of hydrogen-bond acceptors (Lipinski definition) is 2. The van der Waals surface area contributed by atoms with Gasteiger partial charge in [0.1, 0.15) is 0 Å². The van der Waals surface area contributed by atoms with Crippen molar-refractivity contribution in [2.24, 2.45) is 0 Å². The molecule has 5 heteroatoms. The van der Waals surface area contributed by atoms with Crippen molar-refractivity contribution in [2.45, 2.75) is 26.5 Å². The monoisotopic (exact) mass is 220 g/mol. The van der Waals surface area contributed by atoms with E-state index in [0.29, 0.717) is 0 Å². The molecule has 0 aliphatic rings. The third-order valence-corrected chi connectivity index (χ3v) is 0.302. The van der Waals surface area contributed by atoms with Crippen LogP contribution in [0.25, 0.3) is 0 Å². The molecule has 62 valence electrons. The van der Waals surface area contributed by atoms with Gasteiger partial charge in [0, 0.05) is 40.5 Å². The summed E-state index contributed by atoms with van der Waals surface area (Å²) in [6.45, 7) is -4.66. The SMILES string of the molecule is [2H]C([2H])([2H])[13CH2]C(=O)O.[2H]C([2H])([2H])[13CH2]C(=O)O.[Zn]. The maximum Gasteiger partial charge on any atom is 0.303 e. The molecule has 0 aromatic rings. The molecule has 0 heterocycles. The van der Waals surface area contributed by atoms with Crippen LogP contribution < -0.4 is 0 Å². The number of aliphatic carboxylic acids is 2. The minimum atomic E-state index is -2.33. The zero-order chi connectivity index (χ0) is 13.6. The van der Waals surface area contributed by atoms with Crippen molar-refractivity contribution >= 4 is 11.9 Å². The van der Waals surface area contributed by atoms with Gasteiger partial charge in [0.2, 0.25) is 0 Å². The normalized spacial score (nSPS) is 17.1. The maximum absolute atomic E-state index is 9.65. The van der Waals surface area contributed by atoms with Gasteiger partial charge in [0.15, 0.2) is 0 Å². The first kappa shape index (κ1) is 5.25. The van der Waals surface area contributed by atoms with Crippen molar-refractivity contribution in [1.82, 2.24) is 0 Å². The van der Waals surface area contributed by atoms with Crippen LogP contribution in [0.3, 0.4) is 0 Å². The number of carbonyl (C=O) groups is 2. The van der Waals surface area contributed by atoms with Crippen LogP contribution in [0, 0.1) is 0 Å². The summed E-state index contributed by atoms with van der Waals surface area (Å²) in [5.74, 6) is -2.57. The molecule has 0 amide bonds. The van der Waals surface area contributed by atoms with Gasteiger partial charge in [0.05, 0.1) is 0 Å². The molecule has 0 aromatic carbocycles. The summed E-state index contributed by atoms with van der Waals surface area (Å²) in [5.41, 5.74) is 0. The standard InChI is InChI=1S/2C3H6O2.Zn/c2*1-2-3(4)5;/h2*2H2,1H3,(H,4,5);/i2*1D3,2+1;. The number of carboxylic acid groups (broad SMARTS) is 2. The third-order valence-electron chi connectivity index (χ3n) is 0.302. The van der Waals surface area contributed by atoms with Crippen molar-refractivity contribution in [3.63, 3.8) is 0 Å². The molecule has 11 heavy (non-hydrogen) atoms. The number of carboxylic acids is 2. The molecule has 0 aliphatic carbocycles. The molecule has 0 bridgehead atoms. The second-order valence-electron chi connectivity index (χ2n) is 1.14. The molecule has 4 nitrogen and oxygen atoms in total. The van der Waals surface area contributed by atoms with Crippen molar-refractivity contribution in [2.75, 3.05) is 0 Å². The van der Waals surface area contributed by atoms with Crippen LogP contribution in [0.4, 0.5) is 0 Å². The fraction of sp³-hybridized carbons (Fsp3) is 0.667. The predicted molar refractivity (Wildman–Crippen MR) is 35.9 cm³/mol. The van der Waals surface area contributed by atoms with E-state index >= 15 is 0 Å². The van der Waals surface area contributed by atoms with Gasteiger partial charge >= 0.3 is 11.9 Å². The minimum Gasteiger partial charge on any atom is -0.481 e. The van der Waals surface area contributed by atoms with Gasteiger partial charge in [-0.1, -0.05) is 13.7 Å².